The van der Waals surface area contributed by atoms with Gasteiger partial charge in [0.1, 0.15) is 0 Å². The molecule has 0 saturated carbocycles. The monoisotopic (exact) mass is 178 g/mol. The zero-order valence-corrected chi connectivity index (χ0v) is 6.26. The van der Waals surface area contributed by atoms with E-state index >= 15 is 0 Å². The minimum atomic E-state index is -4.35. The van der Waals surface area contributed by atoms with Gasteiger partial charge in [-0.1, -0.05) is 0 Å². The number of aromatic nitrogens is 1. The third-order valence-corrected chi connectivity index (χ3v) is 1.45. The summed E-state index contributed by atoms with van der Waals surface area (Å²) in [7, 11) is 0. The lowest BCUT2D eigenvalue weighted by Gasteiger charge is -2.06. The van der Waals surface area contributed by atoms with Gasteiger partial charge in [0.25, 0.3) is 0 Å². The van der Waals surface area contributed by atoms with Crippen LogP contribution in [0.4, 0.5) is 13.2 Å². The molecular formula is C7H7F3NO+. The van der Waals surface area contributed by atoms with Crippen LogP contribution >= 0.6 is 0 Å². The molecule has 5 heteroatoms. The first-order chi connectivity index (χ1) is 5.41. The van der Waals surface area contributed by atoms with E-state index in [9.17, 15) is 13.2 Å². The largest absolute Gasteiger partial charge is 0.417 e. The smallest absolute Gasteiger partial charge is 0.285 e. The summed E-state index contributed by atoms with van der Waals surface area (Å²) in [6, 6.07) is 0.829. The number of alkyl halides is 3. The molecule has 0 radical (unpaired) electrons. The van der Waals surface area contributed by atoms with Gasteiger partial charge in [0.2, 0.25) is 12.4 Å². The summed E-state index contributed by atoms with van der Waals surface area (Å²) < 4.78 is 36.9. The first-order valence-corrected chi connectivity index (χ1v) is 3.19. The van der Waals surface area contributed by atoms with Gasteiger partial charge < -0.3 is 0 Å². The van der Waals surface area contributed by atoms with E-state index < -0.39 is 11.7 Å². The van der Waals surface area contributed by atoms with Crippen LogP contribution in [-0.4, -0.2) is 5.21 Å². The van der Waals surface area contributed by atoms with Gasteiger partial charge in [-0.3, -0.25) is 5.21 Å². The molecule has 1 aromatic heterocycles. The summed E-state index contributed by atoms with van der Waals surface area (Å²) in [6.45, 7) is 1.29. The van der Waals surface area contributed by atoms with Gasteiger partial charge in [-0.25, -0.2) is 0 Å². The Labute approximate surface area is 66.8 Å². The highest BCUT2D eigenvalue weighted by Crippen LogP contribution is 2.30. The summed E-state index contributed by atoms with van der Waals surface area (Å²) in [5.74, 6) is 0. The predicted octanol–water partition coefficient (Wildman–Crippen LogP) is 1.54. The van der Waals surface area contributed by atoms with Crippen molar-refractivity contribution in [3.8, 4) is 0 Å². The van der Waals surface area contributed by atoms with Gasteiger partial charge in [-0.15, -0.1) is 0 Å². The molecule has 0 saturated heterocycles. The molecule has 0 bridgehead atoms. The van der Waals surface area contributed by atoms with Crippen LogP contribution in [-0.2, 0) is 6.18 Å². The highest BCUT2D eigenvalue weighted by molar-refractivity contribution is 5.22. The van der Waals surface area contributed by atoms with Gasteiger partial charge in [0.15, 0.2) is 0 Å². The molecule has 0 aliphatic rings. The van der Waals surface area contributed by atoms with Crippen LogP contribution in [0.3, 0.4) is 0 Å². The summed E-state index contributed by atoms with van der Waals surface area (Å²) in [5, 5.41) is 8.75. The summed E-state index contributed by atoms with van der Waals surface area (Å²) in [5.41, 5.74) is -0.736. The molecule has 1 aromatic rings. The minimum Gasteiger partial charge on any atom is -0.285 e. The van der Waals surface area contributed by atoms with E-state index in [1.807, 2.05) is 0 Å². The van der Waals surface area contributed by atoms with Crippen molar-refractivity contribution in [3.05, 3.63) is 29.6 Å². The summed E-state index contributed by atoms with van der Waals surface area (Å²) in [4.78, 5) is 0. The maximum Gasteiger partial charge on any atom is 0.417 e. The Morgan fingerprint density at radius 3 is 2.42 bits per heavy atom. The van der Waals surface area contributed by atoms with Crippen LogP contribution < -0.4 is 4.73 Å². The van der Waals surface area contributed by atoms with Gasteiger partial charge >= 0.3 is 6.18 Å². The maximum atomic E-state index is 12.1. The number of rotatable bonds is 0. The maximum absolute atomic E-state index is 12.1. The number of nitrogens with zero attached hydrogens (tertiary/aromatic N) is 1. The molecule has 0 aromatic carbocycles. The Balaban J connectivity index is 3.19. The fourth-order valence-corrected chi connectivity index (χ4v) is 0.911. The molecule has 0 amide bonds. The van der Waals surface area contributed by atoms with Crippen LogP contribution in [0.5, 0.6) is 0 Å². The van der Waals surface area contributed by atoms with E-state index in [4.69, 9.17) is 5.21 Å². The zero-order valence-electron chi connectivity index (χ0n) is 6.26. The fraction of sp³-hybridized carbons (Fsp3) is 0.286. The molecule has 12 heavy (non-hydrogen) atoms. The first kappa shape index (κ1) is 8.83. The van der Waals surface area contributed by atoms with Crippen LogP contribution in [0, 0.1) is 6.92 Å². The lowest BCUT2D eigenvalue weighted by Crippen LogP contribution is -2.30. The standard InChI is InChI=1S/C7H7F3NO/c1-5-4-11(12)3-2-6(5)7(8,9)10/h2-4,12H,1H3/q+1. The van der Waals surface area contributed by atoms with Crippen LogP contribution in [0.1, 0.15) is 11.1 Å². The molecule has 66 valence electrons. The van der Waals surface area contributed by atoms with Crippen molar-refractivity contribution < 1.29 is 23.1 Å². The van der Waals surface area contributed by atoms with Crippen molar-refractivity contribution >= 4 is 0 Å². The van der Waals surface area contributed by atoms with E-state index in [0.29, 0.717) is 4.73 Å². The fourth-order valence-electron chi connectivity index (χ4n) is 0.911. The Morgan fingerprint density at radius 2 is 2.00 bits per heavy atom. The van der Waals surface area contributed by atoms with Crippen molar-refractivity contribution in [1.82, 2.24) is 0 Å². The number of aryl methyl sites for hydroxylation is 1. The Kier molecular flexibility index (Phi) is 1.95. The highest BCUT2D eigenvalue weighted by atomic mass is 19.4. The third kappa shape index (κ3) is 1.66. The van der Waals surface area contributed by atoms with Crippen LogP contribution in [0.2, 0.25) is 0 Å². The number of pyridine rings is 1. The average molecular weight is 178 g/mol. The molecule has 1 rings (SSSR count). The van der Waals surface area contributed by atoms with Gasteiger partial charge in [-0.2, -0.15) is 13.2 Å². The molecule has 1 heterocycles. The quantitative estimate of drug-likeness (QED) is 0.473. The molecule has 0 atom stereocenters. The molecule has 0 spiro atoms. The molecule has 0 aliphatic heterocycles. The number of hydrogen-bond acceptors (Lipinski definition) is 1. The van der Waals surface area contributed by atoms with E-state index in [1.54, 1.807) is 0 Å². The average Bonchev–Trinajstić information content (AvgIpc) is 1.83. The summed E-state index contributed by atoms with van der Waals surface area (Å²) in [6.07, 6.45) is -2.41. The van der Waals surface area contributed by atoms with E-state index in [0.717, 1.165) is 18.5 Å². The lowest BCUT2D eigenvalue weighted by molar-refractivity contribution is -0.905. The van der Waals surface area contributed by atoms with Gasteiger partial charge in [0.05, 0.1) is 5.56 Å². The van der Waals surface area contributed by atoms with Crippen LogP contribution in [0.15, 0.2) is 18.5 Å². The SMILES string of the molecule is Cc1c[n+](O)ccc1C(F)(F)F. The van der Waals surface area contributed by atoms with Crippen molar-refractivity contribution in [2.45, 2.75) is 13.1 Å². The van der Waals surface area contributed by atoms with Crippen molar-refractivity contribution in [3.63, 3.8) is 0 Å². The first-order valence-electron chi connectivity index (χ1n) is 3.19. The van der Waals surface area contributed by atoms with Crippen molar-refractivity contribution in [1.29, 1.82) is 0 Å². The van der Waals surface area contributed by atoms with Gasteiger partial charge in [0, 0.05) is 16.4 Å². The van der Waals surface area contributed by atoms with E-state index in [-0.39, 0.29) is 5.56 Å². The number of halogens is 3. The molecule has 1 N–H and O–H groups in total. The van der Waals surface area contributed by atoms with E-state index in [1.165, 1.54) is 6.92 Å². The molecule has 2 nitrogen and oxygen atoms in total. The Morgan fingerprint density at radius 1 is 1.42 bits per heavy atom. The third-order valence-electron chi connectivity index (χ3n) is 1.45. The van der Waals surface area contributed by atoms with Crippen LogP contribution in [0.25, 0.3) is 0 Å². The van der Waals surface area contributed by atoms with Gasteiger partial charge in [-0.05, 0) is 6.92 Å². The normalized spacial score (nSPS) is 11.7. The molecule has 0 aliphatic carbocycles. The molecular weight excluding hydrogens is 171 g/mol. The van der Waals surface area contributed by atoms with Crippen molar-refractivity contribution in [2.75, 3.05) is 0 Å². The topological polar surface area (TPSA) is 24.1 Å². The predicted molar refractivity (Wildman–Crippen MR) is 33.6 cm³/mol. The second-order valence-corrected chi connectivity index (χ2v) is 2.42. The summed E-state index contributed by atoms with van der Waals surface area (Å²) >= 11 is 0. The molecule has 0 unspecified atom stereocenters. The highest BCUT2D eigenvalue weighted by Gasteiger charge is 2.33. The second-order valence-electron chi connectivity index (χ2n) is 2.42. The Bertz CT molecular complexity index is 295. The van der Waals surface area contributed by atoms with Crippen molar-refractivity contribution in [2.24, 2.45) is 0 Å². The zero-order chi connectivity index (χ0) is 9.35. The second kappa shape index (κ2) is 2.66. The lowest BCUT2D eigenvalue weighted by atomic mass is 10.1. The minimum absolute atomic E-state index is 0.00694. The number of hydrogen-bond donors (Lipinski definition) is 1. The molecule has 0 fully saturated rings. The van der Waals surface area contributed by atoms with E-state index in [2.05, 4.69) is 0 Å². The Hall–Kier alpha value is -1.26.